The quantitative estimate of drug-likeness (QED) is 0.349. The maximum absolute atomic E-state index is 13.9. The molecule has 1 atom stereocenters. The lowest BCUT2D eigenvalue weighted by Gasteiger charge is -2.34. The summed E-state index contributed by atoms with van der Waals surface area (Å²) in [5, 5.41) is 11.5. The van der Waals surface area contributed by atoms with Crippen LogP contribution in [0.1, 0.15) is 11.1 Å². The van der Waals surface area contributed by atoms with E-state index >= 15 is 0 Å². The van der Waals surface area contributed by atoms with Gasteiger partial charge in [0.05, 0.1) is 10.5 Å². The molecule has 2 amide bonds. The molecule has 1 saturated heterocycles. The summed E-state index contributed by atoms with van der Waals surface area (Å²) in [5.74, 6) is -3.09. The van der Waals surface area contributed by atoms with Crippen LogP contribution in [0.4, 0.5) is 5.69 Å². The molecule has 1 unspecified atom stereocenters. The van der Waals surface area contributed by atoms with Crippen LogP contribution >= 0.6 is 0 Å². The van der Waals surface area contributed by atoms with E-state index < -0.39 is 38.9 Å². The van der Waals surface area contributed by atoms with Crippen molar-refractivity contribution in [1.29, 1.82) is 0 Å². The van der Waals surface area contributed by atoms with E-state index in [-0.39, 0.29) is 22.6 Å². The van der Waals surface area contributed by atoms with E-state index in [1.807, 2.05) is 4.90 Å². The van der Waals surface area contributed by atoms with E-state index in [9.17, 15) is 27.9 Å². The van der Waals surface area contributed by atoms with E-state index in [1.54, 1.807) is 45.4 Å². The van der Waals surface area contributed by atoms with Gasteiger partial charge >= 0.3 is 0 Å². The number of anilines is 1. The van der Waals surface area contributed by atoms with Crippen molar-refractivity contribution in [1.82, 2.24) is 14.1 Å². The molecule has 0 radical (unpaired) electrons. The van der Waals surface area contributed by atoms with Crippen LogP contribution in [0, 0.1) is 0 Å². The Kier molecular flexibility index (Phi) is 6.27. The number of likely N-dealkylation sites (tertiary alicyclic amines) is 1. The zero-order chi connectivity index (χ0) is 26.6. The third-order valence-electron chi connectivity index (χ3n) is 6.60. The highest BCUT2D eigenvalue weighted by Gasteiger charge is 2.66. The molecule has 190 valence electrons. The highest BCUT2D eigenvalue weighted by atomic mass is 32.2. The second kappa shape index (κ2) is 8.84. The zero-order valence-corrected chi connectivity index (χ0v) is 21.5. The fourth-order valence-corrected chi connectivity index (χ4v) is 5.68. The monoisotopic (exact) mass is 512 g/mol. The summed E-state index contributed by atoms with van der Waals surface area (Å²) in [7, 11) is 4.06. The zero-order valence-electron chi connectivity index (χ0n) is 20.7. The largest absolute Gasteiger partial charge is 0.507 e. The Morgan fingerprint density at radius 3 is 2.31 bits per heavy atom. The van der Waals surface area contributed by atoms with Gasteiger partial charge in [0.1, 0.15) is 5.76 Å². The maximum atomic E-state index is 13.9. The normalized spacial score (nSPS) is 21.4. The van der Waals surface area contributed by atoms with E-state index in [2.05, 4.69) is 0 Å². The lowest BCUT2D eigenvalue weighted by molar-refractivity contribution is -0.143. The summed E-state index contributed by atoms with van der Waals surface area (Å²) in [6, 6.07) is 12.2. The first-order valence-corrected chi connectivity index (χ1v) is 12.7. The topological polar surface area (TPSA) is 119 Å². The van der Waals surface area contributed by atoms with Crippen LogP contribution in [0.25, 0.3) is 5.76 Å². The standard InChI is InChI=1S/C25H28N4O6S/c1-26(2)13-14-29-23(32)22(31)20(25(29)18-11-6-7-12-19(18)28(5)24(25)33)21(30)16-9-8-10-17(15-16)36(34,35)27(3)4/h6-12,15,30H,13-14H2,1-5H3. The Morgan fingerprint density at radius 1 is 1.00 bits per heavy atom. The number of aliphatic hydroxyl groups excluding tert-OH is 1. The summed E-state index contributed by atoms with van der Waals surface area (Å²) in [4.78, 5) is 45.0. The lowest BCUT2D eigenvalue weighted by Crippen LogP contribution is -2.52. The fourth-order valence-electron chi connectivity index (χ4n) is 4.73. The van der Waals surface area contributed by atoms with Crippen molar-refractivity contribution in [3.63, 3.8) is 0 Å². The second-order valence-electron chi connectivity index (χ2n) is 9.22. The van der Waals surface area contributed by atoms with Crippen LogP contribution in [0.2, 0.25) is 0 Å². The van der Waals surface area contributed by atoms with Crippen LogP contribution in [0.15, 0.2) is 59.0 Å². The molecule has 36 heavy (non-hydrogen) atoms. The van der Waals surface area contributed by atoms with Gasteiger partial charge in [-0.05, 0) is 32.3 Å². The molecule has 10 nitrogen and oxygen atoms in total. The maximum Gasteiger partial charge on any atom is 0.296 e. The van der Waals surface area contributed by atoms with E-state index in [1.165, 1.54) is 48.2 Å². The molecule has 1 fully saturated rings. The Hall–Kier alpha value is -3.54. The van der Waals surface area contributed by atoms with Gasteiger partial charge in [0.15, 0.2) is 5.54 Å². The molecule has 0 bridgehead atoms. The SMILES string of the molecule is CN(C)CCN1C(=O)C(=O)C(=C(O)c2cccc(S(=O)(=O)N(C)C)c2)C12C(=O)N(C)c1ccccc12. The van der Waals surface area contributed by atoms with Gasteiger partial charge in [0.25, 0.3) is 17.6 Å². The number of carbonyl (C=O) groups is 3. The Labute approximate surface area is 210 Å². The number of aliphatic hydroxyl groups is 1. The number of rotatable bonds is 6. The summed E-state index contributed by atoms with van der Waals surface area (Å²) < 4.78 is 26.4. The van der Waals surface area contributed by atoms with E-state index in [0.717, 1.165) is 4.31 Å². The van der Waals surface area contributed by atoms with Gasteiger partial charge in [0, 0.05) is 51.0 Å². The number of likely N-dealkylation sites (N-methyl/N-ethyl adjacent to an activating group) is 2. The Balaban J connectivity index is 2.03. The van der Waals surface area contributed by atoms with Gasteiger partial charge in [-0.15, -0.1) is 0 Å². The van der Waals surface area contributed by atoms with Crippen LogP contribution < -0.4 is 4.90 Å². The van der Waals surface area contributed by atoms with Crippen molar-refractivity contribution < 1.29 is 27.9 Å². The minimum absolute atomic E-state index is 0.00254. The minimum atomic E-state index is -3.85. The molecule has 0 saturated carbocycles. The first-order valence-electron chi connectivity index (χ1n) is 11.2. The van der Waals surface area contributed by atoms with Crippen LogP contribution in [0.3, 0.4) is 0 Å². The van der Waals surface area contributed by atoms with Gasteiger partial charge < -0.3 is 19.8 Å². The molecule has 2 aromatic carbocycles. The molecule has 1 N–H and O–H groups in total. The number of Topliss-reactive ketones (excluding diaryl/α,β-unsaturated/α-hetero) is 1. The highest BCUT2D eigenvalue weighted by Crippen LogP contribution is 2.53. The molecule has 11 heteroatoms. The van der Waals surface area contributed by atoms with Crippen molar-refractivity contribution in [2.75, 3.05) is 53.2 Å². The molecule has 0 aliphatic carbocycles. The average Bonchev–Trinajstić information content (AvgIpc) is 3.20. The van der Waals surface area contributed by atoms with Crippen molar-refractivity contribution in [3.8, 4) is 0 Å². The van der Waals surface area contributed by atoms with E-state index in [4.69, 9.17) is 0 Å². The Bertz CT molecular complexity index is 1420. The number of carbonyl (C=O) groups excluding carboxylic acids is 3. The number of nitrogens with zero attached hydrogens (tertiary/aromatic N) is 4. The molecule has 4 rings (SSSR count). The lowest BCUT2D eigenvalue weighted by atomic mass is 9.82. The van der Waals surface area contributed by atoms with Crippen molar-refractivity contribution >= 4 is 39.1 Å². The highest BCUT2D eigenvalue weighted by molar-refractivity contribution is 7.89. The second-order valence-corrected chi connectivity index (χ2v) is 11.4. The number of fused-ring (bicyclic) bond motifs is 2. The van der Waals surface area contributed by atoms with Crippen molar-refractivity contribution in [3.05, 3.63) is 65.2 Å². The molecule has 1 spiro atoms. The van der Waals surface area contributed by atoms with E-state index in [0.29, 0.717) is 17.8 Å². The van der Waals surface area contributed by atoms with Gasteiger partial charge in [-0.3, -0.25) is 14.4 Å². The summed E-state index contributed by atoms with van der Waals surface area (Å²) in [6.07, 6.45) is 0. The molecular formula is C25H28N4O6S. The summed E-state index contributed by atoms with van der Waals surface area (Å²) in [6.45, 7) is 0.419. The number of para-hydroxylation sites is 1. The molecule has 2 aliphatic heterocycles. The number of benzene rings is 2. The molecule has 2 aliphatic rings. The fraction of sp³-hybridized carbons (Fsp3) is 0.320. The average molecular weight is 513 g/mol. The molecule has 0 aromatic heterocycles. The smallest absolute Gasteiger partial charge is 0.296 e. The number of amides is 2. The predicted octanol–water partition coefficient (Wildman–Crippen LogP) is 1.05. The Morgan fingerprint density at radius 2 is 1.67 bits per heavy atom. The summed E-state index contributed by atoms with van der Waals surface area (Å²) >= 11 is 0. The predicted molar refractivity (Wildman–Crippen MR) is 134 cm³/mol. The number of hydrogen-bond donors (Lipinski definition) is 1. The van der Waals surface area contributed by atoms with Gasteiger partial charge in [-0.2, -0.15) is 0 Å². The minimum Gasteiger partial charge on any atom is -0.507 e. The third kappa shape index (κ3) is 3.54. The third-order valence-corrected chi connectivity index (χ3v) is 8.41. The summed E-state index contributed by atoms with van der Waals surface area (Å²) in [5.41, 5.74) is -1.35. The van der Waals surface area contributed by atoms with Crippen LogP contribution in [-0.4, -0.2) is 93.6 Å². The molecule has 2 aromatic rings. The van der Waals surface area contributed by atoms with Gasteiger partial charge in [0.2, 0.25) is 10.0 Å². The molecule has 2 heterocycles. The first-order chi connectivity index (χ1) is 16.9. The van der Waals surface area contributed by atoms with Gasteiger partial charge in [-0.1, -0.05) is 30.3 Å². The number of ketones is 1. The van der Waals surface area contributed by atoms with Gasteiger partial charge in [-0.25, -0.2) is 12.7 Å². The van der Waals surface area contributed by atoms with Crippen molar-refractivity contribution in [2.24, 2.45) is 0 Å². The van der Waals surface area contributed by atoms with Crippen LogP contribution in [0.5, 0.6) is 0 Å². The first kappa shape index (κ1) is 25.5. The number of hydrogen-bond acceptors (Lipinski definition) is 7. The van der Waals surface area contributed by atoms with Crippen molar-refractivity contribution in [2.45, 2.75) is 10.4 Å². The van der Waals surface area contributed by atoms with Crippen LogP contribution in [-0.2, 0) is 29.9 Å². The molecular weight excluding hydrogens is 484 g/mol. The number of sulfonamides is 1.